The third kappa shape index (κ3) is 5.89. The van der Waals surface area contributed by atoms with Crippen molar-refractivity contribution < 1.29 is 14.7 Å². The lowest BCUT2D eigenvalue weighted by Crippen LogP contribution is -2.31. The van der Waals surface area contributed by atoms with Gasteiger partial charge in [-0.3, -0.25) is 4.90 Å². The zero-order valence-electron chi connectivity index (χ0n) is 11.6. The van der Waals surface area contributed by atoms with Crippen molar-refractivity contribution in [3.05, 3.63) is 29.8 Å². The number of primary amides is 1. The van der Waals surface area contributed by atoms with Crippen LogP contribution >= 0.6 is 0 Å². The van der Waals surface area contributed by atoms with Gasteiger partial charge in [-0.15, -0.1) is 0 Å². The number of anilines is 1. The lowest BCUT2D eigenvalue weighted by Gasteiger charge is -2.14. The van der Waals surface area contributed by atoms with E-state index < -0.39 is 12.0 Å². The van der Waals surface area contributed by atoms with Crippen LogP contribution in [0.5, 0.6) is 0 Å². The molecule has 0 unspecified atom stereocenters. The normalized spacial score (nSPS) is 8.06. The van der Waals surface area contributed by atoms with Crippen LogP contribution in [0.3, 0.4) is 0 Å². The van der Waals surface area contributed by atoms with Crippen LogP contribution in [0.15, 0.2) is 24.3 Å². The molecule has 0 heterocycles. The van der Waals surface area contributed by atoms with Gasteiger partial charge >= 0.3 is 12.0 Å². The minimum atomic E-state index is -1.04. The summed E-state index contributed by atoms with van der Waals surface area (Å²) in [6.07, 6.45) is 0. The van der Waals surface area contributed by atoms with Gasteiger partial charge in [0.05, 0.1) is 5.56 Å². The van der Waals surface area contributed by atoms with Crippen molar-refractivity contribution in [2.75, 3.05) is 11.9 Å². The number of hydrogen-bond donors (Lipinski definition) is 2. The summed E-state index contributed by atoms with van der Waals surface area (Å²) in [5.41, 5.74) is 5.61. The Kier molecular flexibility index (Phi) is 10.3. The van der Waals surface area contributed by atoms with Crippen LogP contribution < -0.4 is 10.6 Å². The zero-order chi connectivity index (χ0) is 14.7. The molecule has 0 saturated heterocycles. The summed E-state index contributed by atoms with van der Waals surface area (Å²) in [6.45, 7) is 8.00. The van der Waals surface area contributed by atoms with Gasteiger partial charge in [0.2, 0.25) is 0 Å². The number of nitrogens with zero attached hydrogens (tertiary/aromatic N) is 1. The molecule has 0 aliphatic carbocycles. The Morgan fingerprint density at radius 3 is 2.06 bits per heavy atom. The molecule has 0 saturated carbocycles. The second-order valence-corrected chi connectivity index (χ2v) is 2.75. The maximum atomic E-state index is 10.8. The predicted molar refractivity (Wildman–Crippen MR) is 74.1 cm³/mol. The van der Waals surface area contributed by atoms with Gasteiger partial charge in [0.1, 0.15) is 0 Å². The van der Waals surface area contributed by atoms with Gasteiger partial charge in [0.25, 0.3) is 0 Å². The van der Waals surface area contributed by atoms with E-state index in [1.165, 1.54) is 24.1 Å². The van der Waals surface area contributed by atoms with Crippen molar-refractivity contribution in [1.82, 2.24) is 0 Å². The molecule has 102 valence electrons. The highest BCUT2D eigenvalue weighted by atomic mass is 16.4. The Bertz CT molecular complexity index is 378. The van der Waals surface area contributed by atoms with E-state index in [1.54, 1.807) is 12.1 Å². The van der Waals surface area contributed by atoms with Crippen molar-refractivity contribution >= 4 is 17.7 Å². The number of nitrogens with two attached hydrogens (primary N) is 1. The molecule has 1 rings (SSSR count). The van der Waals surface area contributed by atoms with E-state index in [0.29, 0.717) is 5.69 Å². The van der Waals surface area contributed by atoms with Gasteiger partial charge in [0.15, 0.2) is 0 Å². The Morgan fingerprint density at radius 2 is 1.67 bits per heavy atom. The first kappa shape index (κ1) is 18.3. The van der Waals surface area contributed by atoms with E-state index in [9.17, 15) is 9.59 Å². The molecule has 0 aliphatic heterocycles. The smallest absolute Gasteiger partial charge is 0.335 e. The van der Waals surface area contributed by atoms with Crippen molar-refractivity contribution in [3.8, 4) is 0 Å². The minimum absolute atomic E-state index is 0.121. The standard InChI is InChI=1S/C9H10N2O3.2C2H6/c1-11(9(10)14)7-4-2-3-6(5-7)8(12)13;2*1-2/h2-5H,1H3,(H2,10,14)(H,12,13);2*1-2H3. The number of carbonyl (C=O) groups excluding carboxylic acids is 1. The van der Waals surface area contributed by atoms with Crippen LogP contribution in [0.2, 0.25) is 0 Å². The van der Waals surface area contributed by atoms with Gasteiger partial charge in [-0.2, -0.15) is 0 Å². The van der Waals surface area contributed by atoms with Gasteiger partial charge < -0.3 is 10.8 Å². The Morgan fingerprint density at radius 1 is 1.17 bits per heavy atom. The predicted octanol–water partition coefficient (Wildman–Crippen LogP) is 2.95. The van der Waals surface area contributed by atoms with E-state index in [1.807, 2.05) is 27.7 Å². The second-order valence-electron chi connectivity index (χ2n) is 2.75. The highest BCUT2D eigenvalue weighted by Crippen LogP contribution is 2.14. The monoisotopic (exact) mass is 254 g/mol. The SMILES string of the molecule is CC.CC.CN(C(N)=O)c1cccc(C(=O)O)c1. The molecule has 0 aliphatic rings. The molecule has 0 aromatic heterocycles. The zero-order valence-corrected chi connectivity index (χ0v) is 11.6. The summed E-state index contributed by atoms with van der Waals surface area (Å²) in [7, 11) is 1.48. The molecular weight excluding hydrogens is 232 g/mol. The molecule has 5 heteroatoms. The number of carboxylic acids is 1. The van der Waals surface area contributed by atoms with Gasteiger partial charge in [-0.05, 0) is 18.2 Å². The molecule has 1 aromatic carbocycles. The lowest BCUT2D eigenvalue weighted by molar-refractivity contribution is 0.0697. The number of urea groups is 1. The summed E-state index contributed by atoms with van der Waals surface area (Å²) in [5.74, 6) is -1.04. The third-order valence-corrected chi connectivity index (χ3v) is 1.81. The maximum absolute atomic E-state index is 10.8. The number of benzene rings is 1. The minimum Gasteiger partial charge on any atom is -0.478 e. The van der Waals surface area contributed by atoms with E-state index in [2.05, 4.69) is 0 Å². The van der Waals surface area contributed by atoms with Crippen LogP contribution in [-0.2, 0) is 0 Å². The summed E-state index contributed by atoms with van der Waals surface area (Å²) < 4.78 is 0. The van der Waals surface area contributed by atoms with Crippen LogP contribution in [0.25, 0.3) is 0 Å². The highest BCUT2D eigenvalue weighted by Gasteiger charge is 2.08. The van der Waals surface area contributed by atoms with Crippen LogP contribution in [0.1, 0.15) is 38.1 Å². The van der Waals surface area contributed by atoms with E-state index >= 15 is 0 Å². The molecule has 18 heavy (non-hydrogen) atoms. The molecule has 0 bridgehead atoms. The second kappa shape index (κ2) is 10.1. The first-order valence-corrected chi connectivity index (χ1v) is 5.89. The molecule has 2 amide bonds. The molecular formula is C13H22N2O3. The Hall–Kier alpha value is -2.04. The third-order valence-electron chi connectivity index (χ3n) is 1.81. The maximum Gasteiger partial charge on any atom is 0.335 e. The molecule has 1 aromatic rings. The van der Waals surface area contributed by atoms with E-state index in [4.69, 9.17) is 10.8 Å². The largest absolute Gasteiger partial charge is 0.478 e. The number of rotatable bonds is 2. The van der Waals surface area contributed by atoms with Crippen molar-refractivity contribution in [3.63, 3.8) is 0 Å². The molecule has 5 nitrogen and oxygen atoms in total. The Balaban J connectivity index is 0. The number of hydrogen-bond acceptors (Lipinski definition) is 2. The fourth-order valence-electron chi connectivity index (χ4n) is 0.975. The quantitative estimate of drug-likeness (QED) is 0.851. The number of aromatic carboxylic acids is 1. The number of carbonyl (C=O) groups is 2. The van der Waals surface area contributed by atoms with Crippen molar-refractivity contribution in [2.24, 2.45) is 5.73 Å². The van der Waals surface area contributed by atoms with Gasteiger partial charge in [-0.1, -0.05) is 33.8 Å². The van der Waals surface area contributed by atoms with E-state index in [0.717, 1.165) is 0 Å². The molecule has 3 N–H and O–H groups in total. The fraction of sp³-hybridized carbons (Fsp3) is 0.385. The van der Waals surface area contributed by atoms with Crippen LogP contribution in [0, 0.1) is 0 Å². The fourth-order valence-corrected chi connectivity index (χ4v) is 0.975. The van der Waals surface area contributed by atoms with Gasteiger partial charge in [0, 0.05) is 12.7 Å². The molecule has 0 fully saturated rings. The average Bonchev–Trinajstić information content (AvgIpc) is 2.42. The summed E-state index contributed by atoms with van der Waals surface area (Å²) >= 11 is 0. The summed E-state index contributed by atoms with van der Waals surface area (Å²) in [5, 5.41) is 8.69. The first-order valence-electron chi connectivity index (χ1n) is 5.89. The van der Waals surface area contributed by atoms with Crippen molar-refractivity contribution in [1.29, 1.82) is 0 Å². The summed E-state index contributed by atoms with van der Waals surface area (Å²) in [4.78, 5) is 22.6. The first-order chi connectivity index (χ1) is 8.52. The lowest BCUT2D eigenvalue weighted by atomic mass is 10.2. The Labute approximate surface area is 108 Å². The highest BCUT2D eigenvalue weighted by molar-refractivity contribution is 5.93. The van der Waals surface area contributed by atoms with E-state index in [-0.39, 0.29) is 5.56 Å². The molecule has 0 radical (unpaired) electrons. The van der Waals surface area contributed by atoms with Gasteiger partial charge in [-0.25, -0.2) is 9.59 Å². The average molecular weight is 254 g/mol. The van der Waals surface area contributed by atoms with Crippen LogP contribution in [-0.4, -0.2) is 24.2 Å². The summed E-state index contributed by atoms with van der Waals surface area (Å²) in [6, 6.07) is 5.36. The topological polar surface area (TPSA) is 83.6 Å². The number of amides is 2. The molecule has 0 spiro atoms. The molecule has 0 atom stereocenters. The number of carboxylic acid groups (broad SMARTS) is 1. The van der Waals surface area contributed by atoms with Crippen LogP contribution in [0.4, 0.5) is 10.5 Å². The van der Waals surface area contributed by atoms with Crippen molar-refractivity contribution in [2.45, 2.75) is 27.7 Å².